The number of carbonyl (C=O) groups is 1. The molecule has 1 saturated heterocycles. The van der Waals surface area contributed by atoms with Crippen LogP contribution in [-0.2, 0) is 21.4 Å². The molecule has 8 heteroatoms. The number of benzene rings is 2. The molecule has 1 aliphatic carbocycles. The van der Waals surface area contributed by atoms with Crippen molar-refractivity contribution in [3.05, 3.63) is 64.2 Å². The normalized spacial score (nSPS) is 27.1. The summed E-state index contributed by atoms with van der Waals surface area (Å²) in [4.78, 5) is 11.7. The summed E-state index contributed by atoms with van der Waals surface area (Å²) < 4.78 is 41.3. The van der Waals surface area contributed by atoms with E-state index in [1.807, 2.05) is 24.3 Å². The minimum absolute atomic E-state index is 0.000429. The van der Waals surface area contributed by atoms with E-state index in [0.717, 1.165) is 18.1 Å². The molecule has 34 heavy (non-hydrogen) atoms. The van der Waals surface area contributed by atoms with Crippen LogP contribution in [0.2, 0.25) is 5.02 Å². The Morgan fingerprint density at radius 2 is 1.85 bits per heavy atom. The van der Waals surface area contributed by atoms with Crippen molar-refractivity contribution in [2.45, 2.75) is 54.8 Å². The Morgan fingerprint density at radius 3 is 2.53 bits per heavy atom. The Kier molecular flexibility index (Phi) is 6.55. The lowest BCUT2D eigenvalue weighted by atomic mass is 9.60. The smallest absolute Gasteiger partial charge is 0.319 e. The fraction of sp³-hybridized carbons (Fsp3) is 0.500. The monoisotopic (exact) mass is 508 g/mol. The maximum Gasteiger partial charge on any atom is 0.319 e. The first-order valence-corrected chi connectivity index (χ1v) is 13.1. The predicted octanol–water partition coefficient (Wildman–Crippen LogP) is 6.03. The van der Waals surface area contributed by atoms with Crippen molar-refractivity contribution in [3.63, 3.8) is 0 Å². The number of halogens is 3. The number of aliphatic carboxylic acids is 1. The molecule has 0 aromatic heterocycles. The van der Waals surface area contributed by atoms with Crippen LogP contribution in [0.1, 0.15) is 43.2 Å². The molecule has 2 fully saturated rings. The van der Waals surface area contributed by atoms with E-state index < -0.39 is 27.8 Å². The van der Waals surface area contributed by atoms with Gasteiger partial charge in [-0.15, -0.1) is 11.8 Å². The summed E-state index contributed by atoms with van der Waals surface area (Å²) in [5.74, 6) is -1.34. The van der Waals surface area contributed by atoms with E-state index in [-0.39, 0.29) is 24.4 Å². The van der Waals surface area contributed by atoms with Gasteiger partial charge >= 0.3 is 5.97 Å². The third-order valence-corrected chi connectivity index (χ3v) is 9.59. The van der Waals surface area contributed by atoms with Crippen LogP contribution in [0.4, 0.5) is 8.78 Å². The summed E-state index contributed by atoms with van der Waals surface area (Å²) in [5.41, 5.74) is 0.586. The third kappa shape index (κ3) is 4.10. The number of hydrogen-bond donors (Lipinski definition) is 1. The van der Waals surface area contributed by atoms with Gasteiger partial charge in [0.05, 0.1) is 12.7 Å². The third-order valence-electron chi connectivity index (χ3n) is 7.77. The summed E-state index contributed by atoms with van der Waals surface area (Å²) in [5, 5.41) is 10.3. The Balaban J connectivity index is 1.46. The van der Waals surface area contributed by atoms with Crippen LogP contribution >= 0.6 is 23.4 Å². The lowest BCUT2D eigenvalue weighted by Crippen LogP contribution is -2.55. The predicted molar refractivity (Wildman–Crippen MR) is 128 cm³/mol. The number of thioether (sulfide) groups is 1. The van der Waals surface area contributed by atoms with Crippen LogP contribution in [-0.4, -0.2) is 40.9 Å². The molecule has 3 atom stereocenters. The molecule has 0 unspecified atom stereocenters. The molecule has 0 radical (unpaired) electrons. The van der Waals surface area contributed by atoms with Gasteiger partial charge in [-0.2, -0.15) is 0 Å². The number of carboxylic acids is 1. The molecule has 0 spiro atoms. The molecule has 2 heterocycles. The highest BCUT2D eigenvalue weighted by Gasteiger charge is 2.53. The maximum atomic E-state index is 15.3. The summed E-state index contributed by atoms with van der Waals surface area (Å²) >= 11 is 7.56. The van der Waals surface area contributed by atoms with Crippen LogP contribution in [0.5, 0.6) is 5.75 Å². The van der Waals surface area contributed by atoms with Gasteiger partial charge in [-0.1, -0.05) is 23.7 Å². The average Bonchev–Trinajstić information content (AvgIpc) is 2.78. The quantitative estimate of drug-likeness (QED) is 0.495. The molecule has 1 N–H and O–H groups in total. The summed E-state index contributed by atoms with van der Waals surface area (Å²) in [7, 11) is 0. The largest absolute Gasteiger partial charge is 0.490 e. The molecule has 3 aliphatic rings. The van der Waals surface area contributed by atoms with Crippen molar-refractivity contribution in [2.75, 3.05) is 19.0 Å². The van der Waals surface area contributed by atoms with Crippen molar-refractivity contribution < 1.29 is 28.2 Å². The minimum atomic E-state index is -0.752. The van der Waals surface area contributed by atoms with Gasteiger partial charge in [0.2, 0.25) is 0 Å². The van der Waals surface area contributed by atoms with Gasteiger partial charge in [-0.3, -0.25) is 4.79 Å². The topological polar surface area (TPSA) is 55.8 Å². The van der Waals surface area contributed by atoms with Crippen LogP contribution < -0.4 is 4.74 Å². The molecule has 5 rings (SSSR count). The molecule has 0 amide bonds. The van der Waals surface area contributed by atoms with Crippen molar-refractivity contribution in [1.29, 1.82) is 0 Å². The van der Waals surface area contributed by atoms with Crippen LogP contribution in [0.25, 0.3) is 0 Å². The zero-order valence-electron chi connectivity index (χ0n) is 18.7. The average molecular weight is 509 g/mol. The molecule has 182 valence electrons. The summed E-state index contributed by atoms with van der Waals surface area (Å²) in [6.45, 7) is 0.638. The number of fused-ring (bicyclic) bond motifs is 3. The molecule has 2 aromatic carbocycles. The number of hydrogen-bond acceptors (Lipinski definition) is 4. The van der Waals surface area contributed by atoms with Crippen molar-refractivity contribution in [3.8, 4) is 5.75 Å². The van der Waals surface area contributed by atoms with Crippen molar-refractivity contribution in [1.82, 2.24) is 0 Å². The summed E-state index contributed by atoms with van der Waals surface area (Å²) in [6, 6.07) is 9.76. The van der Waals surface area contributed by atoms with Gasteiger partial charge in [-0.25, -0.2) is 8.78 Å². The Labute approximate surface area is 207 Å². The fourth-order valence-electron chi connectivity index (χ4n) is 5.79. The van der Waals surface area contributed by atoms with E-state index >= 15 is 4.39 Å². The number of carboxylic acid groups (broad SMARTS) is 1. The first-order valence-electron chi connectivity index (χ1n) is 11.7. The first kappa shape index (κ1) is 23.9. The number of rotatable bonds is 7. The zero-order valence-corrected chi connectivity index (χ0v) is 20.3. The molecule has 0 bridgehead atoms. The molecule has 1 saturated carbocycles. The standard InChI is InChI=1S/C26H27ClF2O4S/c27-17-4-2-16(3-5-17)14-25-11-12-32-21(8-13-34-26(24(30)31)9-1-10-26)18(25)15-33-23-20(29)7-6-19(28)22(23)25/h2-7,18,21H,1,8-15H2,(H,30,31)/t18-,21-,25-/m0/s1. The van der Waals surface area contributed by atoms with E-state index in [9.17, 15) is 14.3 Å². The Bertz CT molecular complexity index is 1080. The summed E-state index contributed by atoms with van der Waals surface area (Å²) in [6.07, 6.45) is 3.74. The zero-order chi connectivity index (χ0) is 23.9. The van der Waals surface area contributed by atoms with Crippen LogP contribution in [0, 0.1) is 17.6 Å². The van der Waals surface area contributed by atoms with E-state index in [4.69, 9.17) is 21.1 Å². The Hall–Kier alpha value is -1.83. The van der Waals surface area contributed by atoms with Crippen LogP contribution in [0.3, 0.4) is 0 Å². The SMILES string of the molecule is O=C(O)C1(SCC[C@@H]2OCC[C@@]3(Cc4ccc(Cl)cc4)c4c(F)ccc(F)c4OC[C@@H]23)CCC1. The fourth-order valence-corrected chi connectivity index (χ4v) is 7.35. The van der Waals surface area contributed by atoms with Crippen LogP contribution in [0.15, 0.2) is 36.4 Å². The van der Waals surface area contributed by atoms with Gasteiger partial charge in [0, 0.05) is 28.5 Å². The minimum Gasteiger partial charge on any atom is -0.490 e. The second kappa shape index (κ2) is 9.32. The maximum absolute atomic E-state index is 15.3. The van der Waals surface area contributed by atoms with E-state index in [1.165, 1.54) is 17.8 Å². The lowest BCUT2D eigenvalue weighted by molar-refractivity contribution is -0.142. The van der Waals surface area contributed by atoms with Gasteiger partial charge in [0.25, 0.3) is 0 Å². The van der Waals surface area contributed by atoms with Gasteiger partial charge in [0.1, 0.15) is 10.6 Å². The van der Waals surface area contributed by atoms with Crippen molar-refractivity contribution in [2.24, 2.45) is 5.92 Å². The molecule has 2 aromatic rings. The van der Waals surface area contributed by atoms with E-state index in [0.29, 0.717) is 55.0 Å². The van der Waals surface area contributed by atoms with Gasteiger partial charge in [-0.05, 0) is 74.1 Å². The second-order valence-electron chi connectivity index (χ2n) is 9.56. The van der Waals surface area contributed by atoms with Crippen molar-refractivity contribution >= 4 is 29.3 Å². The highest BCUT2D eigenvalue weighted by molar-refractivity contribution is 8.01. The Morgan fingerprint density at radius 1 is 1.12 bits per heavy atom. The van der Waals surface area contributed by atoms with E-state index in [2.05, 4.69) is 0 Å². The molecular weight excluding hydrogens is 482 g/mol. The number of ether oxygens (including phenoxy) is 2. The lowest BCUT2D eigenvalue weighted by Gasteiger charge is -2.51. The van der Waals surface area contributed by atoms with Gasteiger partial charge < -0.3 is 14.6 Å². The molecule has 4 nitrogen and oxygen atoms in total. The first-order chi connectivity index (χ1) is 16.3. The van der Waals surface area contributed by atoms with E-state index in [1.54, 1.807) is 0 Å². The highest BCUT2D eigenvalue weighted by atomic mass is 35.5. The van der Waals surface area contributed by atoms with Gasteiger partial charge in [0.15, 0.2) is 11.6 Å². The second-order valence-corrected chi connectivity index (χ2v) is 11.5. The molecular formula is C26H27ClF2O4S. The molecule has 2 aliphatic heterocycles. The highest BCUT2D eigenvalue weighted by Crippen LogP contribution is 2.53.